The first kappa shape index (κ1) is 17.1. The lowest BCUT2D eigenvalue weighted by molar-refractivity contribution is -0.267. The molecule has 0 bridgehead atoms. The van der Waals surface area contributed by atoms with E-state index in [4.69, 9.17) is 0 Å². The van der Waals surface area contributed by atoms with Crippen molar-refractivity contribution in [3.8, 4) is 0 Å². The summed E-state index contributed by atoms with van der Waals surface area (Å²) in [6.07, 6.45) is -5.14. The topological polar surface area (TPSA) is 75.3 Å². The Kier molecular flexibility index (Phi) is 4.46. The van der Waals surface area contributed by atoms with Gasteiger partial charge in [0.15, 0.2) is 0 Å². The fourth-order valence-electron chi connectivity index (χ4n) is 1.17. The number of benzene rings is 1. The van der Waals surface area contributed by atoms with Crippen molar-refractivity contribution >= 4 is 27.3 Å². The lowest BCUT2D eigenvalue weighted by Gasteiger charge is -2.18. The second kappa shape index (κ2) is 5.47. The van der Waals surface area contributed by atoms with Crippen molar-refractivity contribution in [3.05, 3.63) is 24.3 Å². The quantitative estimate of drug-likeness (QED) is 0.830. The summed E-state index contributed by atoms with van der Waals surface area (Å²) in [6.45, 7) is 0. The number of rotatable bonds is 4. The van der Waals surface area contributed by atoms with Gasteiger partial charge in [0.05, 0.1) is 6.26 Å². The predicted molar refractivity (Wildman–Crippen MR) is 64.5 cm³/mol. The predicted octanol–water partition coefficient (Wildman–Crippen LogP) is 2.19. The summed E-state index contributed by atoms with van der Waals surface area (Å²) >= 11 is 0. The van der Waals surface area contributed by atoms with Gasteiger partial charge >= 0.3 is 18.0 Å². The molecule has 5 nitrogen and oxygen atoms in total. The average Bonchev–Trinajstić information content (AvgIpc) is 2.28. The molecule has 0 heterocycles. The van der Waals surface area contributed by atoms with Crippen molar-refractivity contribution in [2.45, 2.75) is 12.1 Å². The normalized spacial score (nSPS) is 12.9. The minimum Gasteiger partial charge on any atom is -0.321 e. The van der Waals surface area contributed by atoms with Gasteiger partial charge in [-0.25, -0.2) is 8.42 Å². The lowest BCUT2D eigenvalue weighted by atomic mass is 10.2. The van der Waals surface area contributed by atoms with Crippen LogP contribution in [0.25, 0.3) is 0 Å². The Bertz CT molecular complexity index is 625. The Morgan fingerprint density at radius 3 is 1.81 bits per heavy atom. The number of amides is 1. The van der Waals surface area contributed by atoms with Gasteiger partial charge in [-0.3, -0.25) is 9.52 Å². The molecule has 11 heteroatoms. The standard InChI is InChI=1S/C10H9F5N2O3S/c1-21(19,20)17-7-4-2-6(3-5-7)16-8(18)9(11,12)10(13,14)15/h2-5,17H,1H3,(H,16,18). The average molecular weight is 332 g/mol. The van der Waals surface area contributed by atoms with Crippen LogP contribution in [0.1, 0.15) is 0 Å². The molecule has 0 aliphatic carbocycles. The zero-order valence-electron chi connectivity index (χ0n) is 10.3. The first-order chi connectivity index (χ1) is 9.33. The van der Waals surface area contributed by atoms with Crippen LogP contribution in [0.15, 0.2) is 24.3 Å². The van der Waals surface area contributed by atoms with Gasteiger partial charge in [-0.2, -0.15) is 22.0 Å². The Morgan fingerprint density at radius 2 is 1.43 bits per heavy atom. The molecule has 21 heavy (non-hydrogen) atoms. The maximum absolute atomic E-state index is 12.7. The van der Waals surface area contributed by atoms with Crippen molar-refractivity contribution in [2.24, 2.45) is 0 Å². The fraction of sp³-hybridized carbons (Fsp3) is 0.300. The van der Waals surface area contributed by atoms with E-state index < -0.39 is 28.0 Å². The van der Waals surface area contributed by atoms with Gasteiger partial charge in [0.25, 0.3) is 0 Å². The fourth-order valence-corrected chi connectivity index (χ4v) is 1.74. The van der Waals surface area contributed by atoms with E-state index in [9.17, 15) is 35.2 Å². The number of hydrogen-bond donors (Lipinski definition) is 2. The van der Waals surface area contributed by atoms with Crippen LogP contribution in [-0.4, -0.2) is 32.7 Å². The van der Waals surface area contributed by atoms with Gasteiger partial charge in [0.1, 0.15) is 0 Å². The van der Waals surface area contributed by atoms with E-state index in [0.29, 0.717) is 0 Å². The van der Waals surface area contributed by atoms with Crippen LogP contribution >= 0.6 is 0 Å². The number of halogens is 5. The molecule has 118 valence electrons. The highest BCUT2D eigenvalue weighted by atomic mass is 32.2. The summed E-state index contributed by atoms with van der Waals surface area (Å²) in [5, 5.41) is 1.39. The second-order valence-electron chi connectivity index (χ2n) is 3.98. The third-order valence-electron chi connectivity index (χ3n) is 2.09. The molecule has 0 spiro atoms. The molecule has 0 radical (unpaired) electrons. The third kappa shape index (κ3) is 4.55. The first-order valence-electron chi connectivity index (χ1n) is 5.17. The zero-order valence-corrected chi connectivity index (χ0v) is 11.1. The number of sulfonamides is 1. The summed E-state index contributed by atoms with van der Waals surface area (Å²) in [7, 11) is -3.56. The van der Waals surface area contributed by atoms with Crippen LogP contribution in [0.2, 0.25) is 0 Å². The lowest BCUT2D eigenvalue weighted by Crippen LogP contribution is -2.47. The van der Waals surface area contributed by atoms with Crippen LogP contribution in [0.4, 0.5) is 33.3 Å². The van der Waals surface area contributed by atoms with Crippen molar-refractivity contribution < 1.29 is 35.2 Å². The Morgan fingerprint density at radius 1 is 1.00 bits per heavy atom. The molecular formula is C10H9F5N2O3S. The summed E-state index contributed by atoms with van der Waals surface area (Å²) in [6, 6.07) is 4.11. The molecule has 0 unspecified atom stereocenters. The van der Waals surface area contributed by atoms with E-state index in [1.807, 2.05) is 4.72 Å². The van der Waals surface area contributed by atoms with Crippen molar-refractivity contribution in [1.82, 2.24) is 0 Å². The van der Waals surface area contributed by atoms with Gasteiger partial charge in [0.2, 0.25) is 10.0 Å². The maximum Gasteiger partial charge on any atom is 0.463 e. The Labute approximate surface area is 116 Å². The monoisotopic (exact) mass is 332 g/mol. The van der Waals surface area contributed by atoms with E-state index >= 15 is 0 Å². The maximum atomic E-state index is 12.7. The summed E-state index contributed by atoms with van der Waals surface area (Å²) in [5.41, 5.74) is -0.291. The van der Waals surface area contributed by atoms with Gasteiger partial charge < -0.3 is 5.32 Å². The van der Waals surface area contributed by atoms with E-state index in [0.717, 1.165) is 30.5 Å². The summed E-state index contributed by atoms with van der Waals surface area (Å²) < 4.78 is 85.1. The molecule has 0 aromatic heterocycles. The van der Waals surface area contributed by atoms with E-state index in [1.165, 1.54) is 5.32 Å². The largest absolute Gasteiger partial charge is 0.463 e. The van der Waals surface area contributed by atoms with E-state index in [1.54, 1.807) is 0 Å². The number of carbonyl (C=O) groups excluding carboxylic acids is 1. The number of nitrogens with one attached hydrogen (secondary N) is 2. The van der Waals surface area contributed by atoms with Crippen LogP contribution in [0, 0.1) is 0 Å². The molecule has 2 N–H and O–H groups in total. The molecule has 0 saturated carbocycles. The minimum absolute atomic E-state index is 0.0538. The number of hydrogen-bond acceptors (Lipinski definition) is 3. The second-order valence-corrected chi connectivity index (χ2v) is 5.73. The molecule has 1 amide bonds. The third-order valence-corrected chi connectivity index (χ3v) is 2.69. The SMILES string of the molecule is CS(=O)(=O)Nc1ccc(NC(=O)C(F)(F)C(F)(F)F)cc1. The van der Waals surface area contributed by atoms with Gasteiger partial charge in [-0.1, -0.05) is 0 Å². The highest BCUT2D eigenvalue weighted by Crippen LogP contribution is 2.36. The van der Waals surface area contributed by atoms with Crippen LogP contribution in [-0.2, 0) is 14.8 Å². The number of alkyl halides is 5. The highest BCUT2D eigenvalue weighted by molar-refractivity contribution is 7.92. The van der Waals surface area contributed by atoms with Crippen molar-refractivity contribution in [3.63, 3.8) is 0 Å². The first-order valence-corrected chi connectivity index (χ1v) is 7.06. The number of anilines is 2. The minimum atomic E-state index is -6.01. The van der Waals surface area contributed by atoms with Crippen molar-refractivity contribution in [1.29, 1.82) is 0 Å². The molecule has 1 aromatic rings. The molecule has 1 rings (SSSR count). The molecular weight excluding hydrogens is 323 g/mol. The van der Waals surface area contributed by atoms with Gasteiger partial charge in [0, 0.05) is 11.4 Å². The Hall–Kier alpha value is -1.91. The van der Waals surface area contributed by atoms with Gasteiger partial charge in [-0.15, -0.1) is 0 Å². The molecule has 0 aliphatic rings. The summed E-state index contributed by atoms with van der Waals surface area (Å²) in [4.78, 5) is 10.9. The molecule has 1 aromatic carbocycles. The molecule has 0 atom stereocenters. The highest BCUT2D eigenvalue weighted by Gasteiger charge is 2.63. The van der Waals surface area contributed by atoms with Crippen LogP contribution in [0.5, 0.6) is 0 Å². The number of carbonyl (C=O) groups is 1. The van der Waals surface area contributed by atoms with E-state index in [-0.39, 0.29) is 11.4 Å². The van der Waals surface area contributed by atoms with Gasteiger partial charge in [-0.05, 0) is 24.3 Å². The van der Waals surface area contributed by atoms with E-state index in [2.05, 4.69) is 0 Å². The van der Waals surface area contributed by atoms with Crippen molar-refractivity contribution in [2.75, 3.05) is 16.3 Å². The Balaban J connectivity index is 2.84. The molecule has 0 saturated heterocycles. The molecule has 0 aliphatic heterocycles. The van der Waals surface area contributed by atoms with Crippen LogP contribution < -0.4 is 10.0 Å². The molecule has 0 fully saturated rings. The smallest absolute Gasteiger partial charge is 0.321 e. The zero-order chi connectivity index (χ0) is 16.5. The van der Waals surface area contributed by atoms with Crippen LogP contribution in [0.3, 0.4) is 0 Å². The summed E-state index contributed by atoms with van der Waals surface area (Å²) in [5.74, 6) is -8.06.